The van der Waals surface area contributed by atoms with Crippen LogP contribution in [0.4, 0.5) is 11.4 Å². The minimum atomic E-state index is -0.440. The van der Waals surface area contributed by atoms with Crippen molar-refractivity contribution in [1.82, 2.24) is 4.57 Å². The molecular formula is C21H24N4O3. The second-order valence-corrected chi connectivity index (χ2v) is 7.56. The van der Waals surface area contributed by atoms with Gasteiger partial charge in [0.25, 0.3) is 11.6 Å². The molecule has 28 heavy (non-hydrogen) atoms. The van der Waals surface area contributed by atoms with Gasteiger partial charge in [0.1, 0.15) is 11.2 Å². The Kier molecular flexibility index (Phi) is 5.23. The van der Waals surface area contributed by atoms with E-state index in [1.807, 2.05) is 12.1 Å². The van der Waals surface area contributed by atoms with Crippen LogP contribution >= 0.6 is 0 Å². The van der Waals surface area contributed by atoms with Crippen molar-refractivity contribution in [3.05, 3.63) is 63.8 Å². The van der Waals surface area contributed by atoms with Crippen LogP contribution in [-0.4, -0.2) is 27.5 Å². The molecule has 1 heterocycles. The number of nitrogens with zero attached hydrogens (tertiary/aromatic N) is 3. The lowest BCUT2D eigenvalue weighted by atomic mass is 9.96. The Hall–Kier alpha value is -2.96. The molecule has 4 rings (SSSR count). The summed E-state index contributed by atoms with van der Waals surface area (Å²) in [5.41, 5.74) is 1.28. The first kappa shape index (κ1) is 18.4. The molecule has 2 fully saturated rings. The normalized spacial score (nSPS) is 18.1. The van der Waals surface area contributed by atoms with Crippen molar-refractivity contribution in [2.45, 2.75) is 57.0 Å². The van der Waals surface area contributed by atoms with Gasteiger partial charge in [0.15, 0.2) is 0 Å². The molecule has 0 bridgehead atoms. The van der Waals surface area contributed by atoms with Gasteiger partial charge in [-0.25, -0.2) is 0 Å². The molecule has 1 N–H and O–H groups in total. The fraction of sp³-hybridized carbons (Fsp3) is 0.429. The summed E-state index contributed by atoms with van der Waals surface area (Å²) in [7, 11) is 0. The monoisotopic (exact) mass is 380 g/mol. The van der Waals surface area contributed by atoms with Gasteiger partial charge in [-0.05, 0) is 49.9 Å². The van der Waals surface area contributed by atoms with E-state index in [0.29, 0.717) is 17.2 Å². The number of carbonyl (C=O) groups excluding carboxylic acids is 1. The molecule has 7 nitrogen and oxygen atoms in total. The molecular weight excluding hydrogens is 356 g/mol. The number of pyridine rings is 1. The van der Waals surface area contributed by atoms with Gasteiger partial charge in [-0.1, -0.05) is 25.3 Å². The Morgan fingerprint density at radius 2 is 1.89 bits per heavy atom. The molecule has 2 aliphatic rings. The zero-order chi connectivity index (χ0) is 19.5. The third-order valence-corrected chi connectivity index (χ3v) is 5.33. The highest BCUT2D eigenvalue weighted by Gasteiger charge is 2.26. The molecule has 2 aliphatic carbocycles. The van der Waals surface area contributed by atoms with E-state index in [9.17, 15) is 14.9 Å². The van der Waals surface area contributed by atoms with Gasteiger partial charge < -0.3 is 5.32 Å². The molecule has 0 unspecified atom stereocenters. The lowest BCUT2D eigenvalue weighted by molar-refractivity contribution is -0.384. The van der Waals surface area contributed by atoms with Crippen LogP contribution in [0.15, 0.2) is 47.6 Å². The van der Waals surface area contributed by atoms with E-state index in [4.69, 9.17) is 4.99 Å². The molecule has 0 radical (unpaired) electrons. The van der Waals surface area contributed by atoms with E-state index in [1.165, 1.54) is 17.1 Å². The highest BCUT2D eigenvalue weighted by molar-refractivity contribution is 5.97. The number of nitro groups is 1. The van der Waals surface area contributed by atoms with Crippen molar-refractivity contribution in [1.29, 1.82) is 0 Å². The summed E-state index contributed by atoms with van der Waals surface area (Å²) in [5, 5.41) is 14.7. The van der Waals surface area contributed by atoms with Crippen molar-refractivity contribution in [3.8, 4) is 0 Å². The summed E-state index contributed by atoms with van der Waals surface area (Å²) in [6.45, 7) is 0. The van der Waals surface area contributed by atoms with Crippen LogP contribution in [-0.2, 0) is 0 Å². The lowest BCUT2D eigenvalue weighted by Crippen LogP contribution is -2.29. The van der Waals surface area contributed by atoms with Crippen molar-refractivity contribution in [2.24, 2.45) is 4.99 Å². The summed E-state index contributed by atoms with van der Waals surface area (Å²) >= 11 is 0. The van der Waals surface area contributed by atoms with Crippen LogP contribution in [0.2, 0.25) is 0 Å². The predicted molar refractivity (Wildman–Crippen MR) is 106 cm³/mol. The van der Waals surface area contributed by atoms with Gasteiger partial charge in [-0.3, -0.25) is 24.5 Å². The fourth-order valence-corrected chi connectivity index (χ4v) is 3.63. The van der Waals surface area contributed by atoms with Crippen LogP contribution < -0.4 is 10.8 Å². The number of benzene rings is 1. The van der Waals surface area contributed by atoms with E-state index in [1.54, 1.807) is 24.4 Å². The molecule has 0 aliphatic heterocycles. The Balaban J connectivity index is 1.67. The Labute approximate surface area is 163 Å². The van der Waals surface area contributed by atoms with Crippen molar-refractivity contribution < 1.29 is 9.72 Å². The number of nitro benzene ring substituents is 1. The van der Waals surface area contributed by atoms with Crippen molar-refractivity contribution >= 4 is 17.3 Å². The summed E-state index contributed by atoms with van der Waals surface area (Å²) in [5.74, 6) is -0.309. The van der Waals surface area contributed by atoms with Gasteiger partial charge in [0, 0.05) is 23.9 Å². The molecule has 2 aromatic rings. The van der Waals surface area contributed by atoms with E-state index < -0.39 is 4.92 Å². The zero-order valence-corrected chi connectivity index (χ0v) is 15.7. The second-order valence-electron chi connectivity index (χ2n) is 7.56. The fourth-order valence-electron chi connectivity index (χ4n) is 3.63. The number of hydrogen-bond donors (Lipinski definition) is 1. The molecule has 2 saturated carbocycles. The number of carbonyl (C=O) groups is 1. The number of nitrogens with one attached hydrogen (secondary N) is 1. The topological polar surface area (TPSA) is 89.5 Å². The van der Waals surface area contributed by atoms with E-state index >= 15 is 0 Å². The first-order valence-corrected chi connectivity index (χ1v) is 9.93. The molecule has 0 amide bonds. The third kappa shape index (κ3) is 4.13. The number of anilines is 1. The molecule has 1 aromatic heterocycles. The summed E-state index contributed by atoms with van der Waals surface area (Å²) in [6.07, 6.45) is 9.35. The van der Waals surface area contributed by atoms with Gasteiger partial charge in [-0.2, -0.15) is 0 Å². The quantitative estimate of drug-likeness (QED) is 0.629. The summed E-state index contributed by atoms with van der Waals surface area (Å²) in [6, 6.07) is 10.6. The molecule has 0 saturated heterocycles. The zero-order valence-electron chi connectivity index (χ0n) is 15.7. The third-order valence-electron chi connectivity index (χ3n) is 5.33. The van der Waals surface area contributed by atoms with Gasteiger partial charge in [0.05, 0.1) is 11.0 Å². The van der Waals surface area contributed by atoms with Crippen LogP contribution in [0.3, 0.4) is 0 Å². The molecule has 7 heteroatoms. The average molecular weight is 380 g/mol. The minimum absolute atomic E-state index is 0.0694. The van der Waals surface area contributed by atoms with Crippen molar-refractivity contribution in [2.75, 3.05) is 5.32 Å². The maximum atomic E-state index is 13.1. The Morgan fingerprint density at radius 1 is 1.11 bits per heavy atom. The van der Waals surface area contributed by atoms with Crippen LogP contribution in [0.25, 0.3) is 0 Å². The first-order valence-electron chi connectivity index (χ1n) is 9.93. The highest BCUT2D eigenvalue weighted by Crippen LogP contribution is 2.31. The van der Waals surface area contributed by atoms with Crippen LogP contribution in [0.1, 0.15) is 55.3 Å². The van der Waals surface area contributed by atoms with E-state index in [0.717, 1.165) is 38.5 Å². The van der Waals surface area contributed by atoms with E-state index in [-0.39, 0.29) is 23.2 Å². The lowest BCUT2D eigenvalue weighted by Gasteiger charge is -2.17. The average Bonchev–Trinajstić information content (AvgIpc) is 3.53. The van der Waals surface area contributed by atoms with Gasteiger partial charge >= 0.3 is 0 Å². The SMILES string of the molecule is O=C(c1ccc(NC2CC2)c([N+](=O)[O-])c1)n1ccccc1=NC1CCCCC1. The largest absolute Gasteiger partial charge is 0.377 e. The van der Waals surface area contributed by atoms with Gasteiger partial charge in [-0.15, -0.1) is 0 Å². The number of hydrogen-bond acceptors (Lipinski definition) is 5. The Bertz CT molecular complexity index is 956. The highest BCUT2D eigenvalue weighted by atomic mass is 16.6. The molecule has 1 aromatic carbocycles. The first-order chi connectivity index (χ1) is 13.6. The number of rotatable bonds is 5. The van der Waals surface area contributed by atoms with Crippen LogP contribution in [0, 0.1) is 10.1 Å². The van der Waals surface area contributed by atoms with Gasteiger partial charge in [0.2, 0.25) is 0 Å². The Morgan fingerprint density at radius 3 is 2.61 bits per heavy atom. The van der Waals surface area contributed by atoms with E-state index in [2.05, 4.69) is 5.32 Å². The summed E-state index contributed by atoms with van der Waals surface area (Å²) < 4.78 is 1.49. The molecule has 146 valence electrons. The van der Waals surface area contributed by atoms with Crippen LogP contribution in [0.5, 0.6) is 0 Å². The van der Waals surface area contributed by atoms with Crippen molar-refractivity contribution in [3.63, 3.8) is 0 Å². The molecule has 0 atom stereocenters. The molecule has 0 spiro atoms. The second kappa shape index (κ2) is 7.96. The summed E-state index contributed by atoms with van der Waals surface area (Å²) in [4.78, 5) is 28.9. The smallest absolute Gasteiger partial charge is 0.293 e. The minimum Gasteiger partial charge on any atom is -0.377 e. The standard InChI is InChI=1S/C21H24N4O3/c26-21(15-9-12-18(22-17-10-11-17)19(14-15)25(27)28)24-13-5-4-8-20(24)23-16-6-2-1-3-7-16/h4-5,8-9,12-14,16-17,22H,1-3,6-7,10-11H2. The maximum absolute atomic E-state index is 13.1. The maximum Gasteiger partial charge on any atom is 0.293 e. The number of aromatic nitrogens is 1. The predicted octanol–water partition coefficient (Wildman–Crippen LogP) is 3.89.